The van der Waals surface area contributed by atoms with E-state index in [1.807, 2.05) is 0 Å². The minimum absolute atomic E-state index is 0.228. The summed E-state index contributed by atoms with van der Waals surface area (Å²) in [5, 5.41) is 2.64. The molecule has 2 rings (SSSR count). The van der Waals surface area contributed by atoms with Crippen LogP contribution in [0.5, 0.6) is 0 Å². The van der Waals surface area contributed by atoms with Crippen LogP contribution in [0.1, 0.15) is 16.2 Å². The summed E-state index contributed by atoms with van der Waals surface area (Å²) in [6.45, 7) is 0.290. The third kappa shape index (κ3) is 2.97. The van der Waals surface area contributed by atoms with E-state index in [0.717, 1.165) is 0 Å². The quantitative estimate of drug-likeness (QED) is 0.782. The summed E-state index contributed by atoms with van der Waals surface area (Å²) in [5.41, 5.74) is 0.623. The molecule has 0 aliphatic rings. The number of carbonyl (C=O) groups is 1. The number of hydrogen-bond donors (Lipinski definition) is 2. The van der Waals surface area contributed by atoms with Gasteiger partial charge in [-0.2, -0.15) is 0 Å². The first kappa shape index (κ1) is 11.0. The fourth-order valence-electron chi connectivity index (χ4n) is 1.27. The number of aromatic nitrogens is 3. The van der Waals surface area contributed by atoms with E-state index in [-0.39, 0.29) is 23.7 Å². The summed E-state index contributed by atoms with van der Waals surface area (Å²) in [4.78, 5) is 32.8. The standard InChI is InChI=1S/C11H10N4O2/c16-10-3-1-2-9(15-10)11(17)13-6-8-4-5-12-7-14-8/h1-5,7H,6H2,(H,13,17)(H,15,16). The molecular formula is C11H10N4O2. The Morgan fingerprint density at radius 2 is 2.24 bits per heavy atom. The van der Waals surface area contributed by atoms with Gasteiger partial charge in [0, 0.05) is 12.3 Å². The van der Waals surface area contributed by atoms with Gasteiger partial charge in [-0.15, -0.1) is 0 Å². The van der Waals surface area contributed by atoms with Gasteiger partial charge in [0.15, 0.2) is 0 Å². The Balaban J connectivity index is 2.01. The molecular weight excluding hydrogens is 220 g/mol. The maximum absolute atomic E-state index is 11.6. The number of hydrogen-bond acceptors (Lipinski definition) is 4. The van der Waals surface area contributed by atoms with Crippen LogP contribution >= 0.6 is 0 Å². The van der Waals surface area contributed by atoms with Crippen molar-refractivity contribution in [1.82, 2.24) is 20.3 Å². The number of aromatic amines is 1. The van der Waals surface area contributed by atoms with Crippen LogP contribution < -0.4 is 10.9 Å². The van der Waals surface area contributed by atoms with Gasteiger partial charge in [-0.05, 0) is 12.1 Å². The number of nitrogens with zero attached hydrogens (tertiary/aromatic N) is 2. The molecule has 2 aromatic rings. The topological polar surface area (TPSA) is 87.7 Å². The normalized spacial score (nSPS) is 9.88. The van der Waals surface area contributed by atoms with Crippen LogP contribution in [-0.2, 0) is 6.54 Å². The van der Waals surface area contributed by atoms with Crippen LogP contribution in [0, 0.1) is 0 Å². The van der Waals surface area contributed by atoms with Crippen molar-refractivity contribution in [3.63, 3.8) is 0 Å². The second-order valence-corrected chi connectivity index (χ2v) is 3.31. The van der Waals surface area contributed by atoms with E-state index in [2.05, 4.69) is 20.3 Å². The zero-order chi connectivity index (χ0) is 12.1. The highest BCUT2D eigenvalue weighted by Crippen LogP contribution is 1.93. The SMILES string of the molecule is O=C(NCc1ccncn1)c1cccc(=O)[nH]1. The van der Waals surface area contributed by atoms with E-state index in [4.69, 9.17) is 0 Å². The van der Waals surface area contributed by atoms with Crippen LogP contribution in [0.25, 0.3) is 0 Å². The zero-order valence-corrected chi connectivity index (χ0v) is 8.88. The van der Waals surface area contributed by atoms with Crippen molar-refractivity contribution in [2.75, 3.05) is 0 Å². The molecule has 6 heteroatoms. The number of rotatable bonds is 3. The van der Waals surface area contributed by atoms with Crippen molar-refractivity contribution in [2.24, 2.45) is 0 Å². The van der Waals surface area contributed by atoms with Crippen LogP contribution in [0.2, 0.25) is 0 Å². The van der Waals surface area contributed by atoms with Gasteiger partial charge in [0.05, 0.1) is 12.2 Å². The molecule has 1 amide bonds. The average molecular weight is 230 g/mol. The molecule has 86 valence electrons. The van der Waals surface area contributed by atoms with Crippen molar-refractivity contribution in [1.29, 1.82) is 0 Å². The fourth-order valence-corrected chi connectivity index (χ4v) is 1.27. The lowest BCUT2D eigenvalue weighted by Crippen LogP contribution is -2.26. The minimum atomic E-state index is -0.346. The lowest BCUT2D eigenvalue weighted by molar-refractivity contribution is 0.0945. The lowest BCUT2D eigenvalue weighted by atomic mass is 10.3. The number of carbonyl (C=O) groups excluding carboxylic acids is 1. The molecule has 0 aliphatic carbocycles. The number of H-pyrrole nitrogens is 1. The van der Waals surface area contributed by atoms with Crippen LogP contribution in [0.15, 0.2) is 41.6 Å². The van der Waals surface area contributed by atoms with Crippen LogP contribution in [-0.4, -0.2) is 20.9 Å². The van der Waals surface area contributed by atoms with Gasteiger partial charge in [0.2, 0.25) is 5.56 Å². The number of pyridine rings is 1. The molecule has 0 saturated carbocycles. The third-order valence-electron chi connectivity index (χ3n) is 2.09. The van der Waals surface area contributed by atoms with E-state index in [9.17, 15) is 9.59 Å². The van der Waals surface area contributed by atoms with E-state index in [0.29, 0.717) is 5.69 Å². The third-order valence-corrected chi connectivity index (χ3v) is 2.09. The highest BCUT2D eigenvalue weighted by Gasteiger charge is 2.05. The summed E-state index contributed by atoms with van der Waals surface area (Å²) in [6, 6.07) is 6.12. The van der Waals surface area contributed by atoms with Gasteiger partial charge < -0.3 is 10.3 Å². The van der Waals surface area contributed by atoms with Gasteiger partial charge in [-0.1, -0.05) is 6.07 Å². The van der Waals surface area contributed by atoms with E-state index < -0.39 is 0 Å². The first-order valence-electron chi connectivity index (χ1n) is 4.98. The largest absolute Gasteiger partial charge is 0.345 e. The zero-order valence-electron chi connectivity index (χ0n) is 8.88. The highest BCUT2D eigenvalue weighted by molar-refractivity contribution is 5.92. The molecule has 0 atom stereocenters. The van der Waals surface area contributed by atoms with E-state index >= 15 is 0 Å². The van der Waals surface area contributed by atoms with Crippen molar-refractivity contribution in [3.05, 3.63) is 58.5 Å². The molecule has 2 N–H and O–H groups in total. The summed E-state index contributed by atoms with van der Waals surface area (Å²) < 4.78 is 0. The Labute approximate surface area is 96.8 Å². The molecule has 0 unspecified atom stereocenters. The number of amides is 1. The molecule has 0 aliphatic heterocycles. The van der Waals surface area contributed by atoms with Gasteiger partial charge in [0.1, 0.15) is 12.0 Å². The molecule has 0 fully saturated rings. The Kier molecular flexibility index (Phi) is 3.25. The first-order valence-corrected chi connectivity index (χ1v) is 4.98. The predicted molar refractivity (Wildman–Crippen MR) is 60.3 cm³/mol. The smallest absolute Gasteiger partial charge is 0.268 e. The second kappa shape index (κ2) is 5.02. The summed E-state index contributed by atoms with van der Waals surface area (Å²) in [7, 11) is 0. The van der Waals surface area contributed by atoms with Crippen LogP contribution in [0.3, 0.4) is 0 Å². The van der Waals surface area contributed by atoms with Crippen molar-refractivity contribution in [2.45, 2.75) is 6.54 Å². The molecule has 2 aromatic heterocycles. The fraction of sp³-hybridized carbons (Fsp3) is 0.0909. The van der Waals surface area contributed by atoms with E-state index in [1.165, 1.54) is 24.5 Å². The Bertz CT molecular complexity index is 565. The van der Waals surface area contributed by atoms with Crippen molar-refractivity contribution in [3.8, 4) is 0 Å². The summed E-state index contributed by atoms with van der Waals surface area (Å²) in [5.74, 6) is -0.346. The molecule has 0 saturated heterocycles. The Hall–Kier alpha value is -2.50. The van der Waals surface area contributed by atoms with Gasteiger partial charge in [-0.25, -0.2) is 9.97 Å². The maximum Gasteiger partial charge on any atom is 0.268 e. The maximum atomic E-state index is 11.6. The summed E-state index contributed by atoms with van der Waals surface area (Å²) in [6.07, 6.45) is 3.00. The molecule has 17 heavy (non-hydrogen) atoms. The molecule has 0 radical (unpaired) electrons. The second-order valence-electron chi connectivity index (χ2n) is 3.31. The monoisotopic (exact) mass is 230 g/mol. The lowest BCUT2D eigenvalue weighted by Gasteiger charge is -2.03. The van der Waals surface area contributed by atoms with Gasteiger partial charge >= 0.3 is 0 Å². The Morgan fingerprint density at radius 3 is 2.94 bits per heavy atom. The Morgan fingerprint density at radius 1 is 1.35 bits per heavy atom. The molecule has 0 aromatic carbocycles. The first-order chi connectivity index (χ1) is 8.25. The van der Waals surface area contributed by atoms with Gasteiger partial charge in [0.25, 0.3) is 5.91 Å². The molecule has 0 bridgehead atoms. The summed E-state index contributed by atoms with van der Waals surface area (Å²) >= 11 is 0. The van der Waals surface area contributed by atoms with E-state index in [1.54, 1.807) is 12.3 Å². The molecule has 6 nitrogen and oxygen atoms in total. The predicted octanol–water partition coefficient (Wildman–Crippen LogP) is 0.0949. The minimum Gasteiger partial charge on any atom is -0.345 e. The van der Waals surface area contributed by atoms with Crippen LogP contribution in [0.4, 0.5) is 0 Å². The van der Waals surface area contributed by atoms with Crippen molar-refractivity contribution < 1.29 is 4.79 Å². The average Bonchev–Trinajstić information content (AvgIpc) is 2.37. The highest BCUT2D eigenvalue weighted by atomic mass is 16.2. The van der Waals surface area contributed by atoms with Crippen molar-refractivity contribution >= 4 is 5.91 Å². The molecule has 0 spiro atoms. The molecule has 2 heterocycles. The van der Waals surface area contributed by atoms with Gasteiger partial charge in [-0.3, -0.25) is 9.59 Å². The number of nitrogens with one attached hydrogen (secondary N) is 2.